The third-order valence-electron chi connectivity index (χ3n) is 4.13. The van der Waals surface area contributed by atoms with Gasteiger partial charge in [-0.2, -0.15) is 5.26 Å². The van der Waals surface area contributed by atoms with Gasteiger partial charge in [0.05, 0.1) is 17.4 Å². The molecule has 1 amide bonds. The van der Waals surface area contributed by atoms with Crippen LogP contribution in [0.4, 0.5) is 0 Å². The summed E-state index contributed by atoms with van der Waals surface area (Å²) < 4.78 is 26.1. The van der Waals surface area contributed by atoms with E-state index in [9.17, 15) is 13.2 Å². The Morgan fingerprint density at radius 3 is 2.75 bits per heavy atom. The maximum atomic E-state index is 12.6. The lowest BCUT2D eigenvalue weighted by Gasteiger charge is -2.22. The van der Waals surface area contributed by atoms with Gasteiger partial charge in [0.1, 0.15) is 0 Å². The SMILES string of the molecule is CCCCS(=O)(=O)N1CCCN(C(=O)c2cccc(C#N)c2)CC1. The van der Waals surface area contributed by atoms with Crippen LogP contribution in [0, 0.1) is 11.3 Å². The number of nitriles is 1. The second kappa shape index (κ2) is 8.27. The van der Waals surface area contributed by atoms with Crippen LogP contribution in [0.15, 0.2) is 24.3 Å². The summed E-state index contributed by atoms with van der Waals surface area (Å²) in [5.74, 6) is 0.0154. The zero-order chi connectivity index (χ0) is 17.6. The number of amides is 1. The van der Waals surface area contributed by atoms with E-state index in [1.165, 1.54) is 4.31 Å². The largest absolute Gasteiger partial charge is 0.337 e. The number of benzene rings is 1. The average molecular weight is 349 g/mol. The molecule has 0 atom stereocenters. The fourth-order valence-electron chi connectivity index (χ4n) is 2.74. The van der Waals surface area contributed by atoms with Gasteiger partial charge in [-0.15, -0.1) is 0 Å². The first-order valence-corrected chi connectivity index (χ1v) is 9.86. The quantitative estimate of drug-likeness (QED) is 0.812. The minimum atomic E-state index is -3.24. The smallest absolute Gasteiger partial charge is 0.253 e. The Morgan fingerprint density at radius 1 is 1.25 bits per heavy atom. The Morgan fingerprint density at radius 2 is 2.04 bits per heavy atom. The second-order valence-corrected chi connectivity index (χ2v) is 8.00. The molecule has 1 fully saturated rings. The summed E-state index contributed by atoms with van der Waals surface area (Å²) in [5.41, 5.74) is 0.913. The van der Waals surface area contributed by atoms with E-state index in [4.69, 9.17) is 5.26 Å². The van der Waals surface area contributed by atoms with Crippen molar-refractivity contribution >= 4 is 15.9 Å². The molecule has 0 bridgehead atoms. The number of carbonyl (C=O) groups is 1. The number of rotatable bonds is 5. The minimum absolute atomic E-state index is 0.153. The molecule has 6 nitrogen and oxygen atoms in total. The zero-order valence-electron chi connectivity index (χ0n) is 13.9. The fourth-order valence-corrected chi connectivity index (χ4v) is 4.41. The van der Waals surface area contributed by atoms with E-state index in [1.54, 1.807) is 29.2 Å². The van der Waals surface area contributed by atoms with Crippen molar-refractivity contribution in [2.24, 2.45) is 0 Å². The van der Waals surface area contributed by atoms with Gasteiger partial charge in [-0.25, -0.2) is 12.7 Å². The number of nitrogens with zero attached hydrogens (tertiary/aromatic N) is 3. The summed E-state index contributed by atoms with van der Waals surface area (Å²) in [4.78, 5) is 14.3. The summed E-state index contributed by atoms with van der Waals surface area (Å²) in [5, 5.41) is 8.95. The molecule has 0 saturated carbocycles. The molecule has 130 valence electrons. The van der Waals surface area contributed by atoms with Gasteiger partial charge in [0.2, 0.25) is 10.0 Å². The van der Waals surface area contributed by atoms with E-state index >= 15 is 0 Å². The second-order valence-electron chi connectivity index (χ2n) is 5.91. The van der Waals surface area contributed by atoms with E-state index in [0.717, 1.165) is 6.42 Å². The Bertz CT molecular complexity index is 725. The lowest BCUT2D eigenvalue weighted by Crippen LogP contribution is -2.38. The molecular formula is C17H23N3O3S. The Kier molecular flexibility index (Phi) is 6.35. The van der Waals surface area contributed by atoms with Gasteiger partial charge >= 0.3 is 0 Å². The van der Waals surface area contributed by atoms with Crippen LogP contribution in [0.25, 0.3) is 0 Å². The molecule has 0 unspecified atom stereocenters. The monoisotopic (exact) mass is 349 g/mol. The molecule has 0 spiro atoms. The Labute approximate surface area is 143 Å². The van der Waals surface area contributed by atoms with Crippen LogP contribution in [0.5, 0.6) is 0 Å². The maximum Gasteiger partial charge on any atom is 0.253 e. The Hall–Kier alpha value is -1.91. The number of carbonyl (C=O) groups excluding carboxylic acids is 1. The summed E-state index contributed by atoms with van der Waals surface area (Å²) in [6.45, 7) is 3.65. The third kappa shape index (κ3) is 4.56. The molecule has 24 heavy (non-hydrogen) atoms. The average Bonchev–Trinajstić information content (AvgIpc) is 2.86. The number of sulfonamides is 1. The summed E-state index contributed by atoms with van der Waals surface area (Å²) in [6.07, 6.45) is 2.12. The fraction of sp³-hybridized carbons (Fsp3) is 0.529. The van der Waals surface area contributed by atoms with Crippen LogP contribution < -0.4 is 0 Å². The van der Waals surface area contributed by atoms with Crippen molar-refractivity contribution in [3.8, 4) is 6.07 Å². The van der Waals surface area contributed by atoms with Gasteiger partial charge in [0.25, 0.3) is 5.91 Å². The first-order chi connectivity index (χ1) is 11.5. The van der Waals surface area contributed by atoms with Crippen LogP contribution >= 0.6 is 0 Å². The van der Waals surface area contributed by atoms with Crippen LogP contribution in [0.1, 0.15) is 42.1 Å². The van der Waals surface area contributed by atoms with Crippen molar-refractivity contribution in [2.45, 2.75) is 26.2 Å². The maximum absolute atomic E-state index is 12.6. The molecule has 0 aliphatic carbocycles. The van der Waals surface area contributed by atoms with Crippen molar-refractivity contribution in [3.63, 3.8) is 0 Å². The normalized spacial score (nSPS) is 16.4. The van der Waals surface area contributed by atoms with Crippen molar-refractivity contribution in [3.05, 3.63) is 35.4 Å². The van der Waals surface area contributed by atoms with Gasteiger partial charge in [-0.3, -0.25) is 4.79 Å². The molecule has 0 radical (unpaired) electrons. The first kappa shape index (κ1) is 18.4. The van der Waals surface area contributed by atoms with Gasteiger partial charge in [-0.1, -0.05) is 19.4 Å². The summed E-state index contributed by atoms with van der Waals surface area (Å²) in [7, 11) is -3.24. The van der Waals surface area contributed by atoms with E-state index in [-0.39, 0.29) is 11.7 Å². The van der Waals surface area contributed by atoms with Crippen LogP contribution in [-0.4, -0.2) is 55.5 Å². The van der Waals surface area contributed by atoms with Gasteiger partial charge in [0.15, 0.2) is 0 Å². The van der Waals surface area contributed by atoms with Crippen molar-refractivity contribution in [2.75, 3.05) is 31.9 Å². The highest BCUT2D eigenvalue weighted by Crippen LogP contribution is 2.14. The molecule has 1 aromatic carbocycles. The van der Waals surface area contributed by atoms with Crippen LogP contribution in [0.2, 0.25) is 0 Å². The summed E-state index contributed by atoms with van der Waals surface area (Å²) in [6, 6.07) is 8.62. The molecule has 0 aromatic heterocycles. The van der Waals surface area contributed by atoms with Crippen LogP contribution in [-0.2, 0) is 10.0 Å². The minimum Gasteiger partial charge on any atom is -0.337 e. The Balaban J connectivity index is 2.05. The first-order valence-electron chi connectivity index (χ1n) is 8.25. The van der Waals surface area contributed by atoms with Crippen LogP contribution in [0.3, 0.4) is 0 Å². The number of hydrogen-bond acceptors (Lipinski definition) is 4. The lowest BCUT2D eigenvalue weighted by atomic mass is 10.1. The van der Waals surface area contributed by atoms with Crippen molar-refractivity contribution in [1.82, 2.24) is 9.21 Å². The number of hydrogen-bond donors (Lipinski definition) is 0. The van der Waals surface area contributed by atoms with Gasteiger partial charge in [0, 0.05) is 31.7 Å². The highest BCUT2D eigenvalue weighted by Gasteiger charge is 2.26. The highest BCUT2D eigenvalue weighted by atomic mass is 32.2. The topological polar surface area (TPSA) is 81.5 Å². The van der Waals surface area contributed by atoms with Gasteiger partial charge < -0.3 is 4.90 Å². The molecule has 1 aliphatic heterocycles. The van der Waals surface area contributed by atoms with Crippen molar-refractivity contribution in [1.29, 1.82) is 5.26 Å². The molecule has 1 aromatic rings. The molecule has 1 saturated heterocycles. The molecular weight excluding hydrogens is 326 g/mol. The van der Waals surface area contributed by atoms with E-state index in [1.807, 2.05) is 13.0 Å². The predicted octanol–water partition coefficient (Wildman–Crippen LogP) is 1.84. The van der Waals surface area contributed by atoms with E-state index in [2.05, 4.69) is 0 Å². The predicted molar refractivity (Wildman–Crippen MR) is 91.9 cm³/mol. The summed E-state index contributed by atoms with van der Waals surface area (Å²) >= 11 is 0. The molecule has 1 heterocycles. The van der Waals surface area contributed by atoms with E-state index < -0.39 is 10.0 Å². The molecule has 2 rings (SSSR count). The zero-order valence-corrected chi connectivity index (χ0v) is 14.8. The number of unbranched alkanes of at least 4 members (excludes halogenated alkanes) is 1. The highest BCUT2D eigenvalue weighted by molar-refractivity contribution is 7.89. The molecule has 1 aliphatic rings. The standard InChI is InChI=1S/C17H23N3O3S/c1-2-3-12-24(22,23)20-9-5-8-19(10-11-20)17(21)16-7-4-6-15(13-16)14-18/h4,6-7,13H,2-3,5,8-12H2,1H3. The third-order valence-corrected chi connectivity index (χ3v) is 6.09. The lowest BCUT2D eigenvalue weighted by molar-refractivity contribution is 0.0764. The molecule has 7 heteroatoms. The van der Waals surface area contributed by atoms with E-state index in [0.29, 0.717) is 50.1 Å². The van der Waals surface area contributed by atoms with Crippen molar-refractivity contribution < 1.29 is 13.2 Å². The van der Waals surface area contributed by atoms with Gasteiger partial charge in [-0.05, 0) is 31.0 Å². The molecule has 0 N–H and O–H groups in total.